The molecular formula is C28H31Br2ClN4O2. The summed E-state index contributed by atoms with van der Waals surface area (Å²) in [5, 5.41) is 9.49. The zero-order valence-electron chi connectivity index (χ0n) is 20.8. The van der Waals surface area contributed by atoms with Gasteiger partial charge >= 0.3 is 0 Å². The first-order chi connectivity index (χ1) is 16.9. The molecule has 6 nitrogen and oxygen atoms in total. The van der Waals surface area contributed by atoms with E-state index in [1.807, 2.05) is 47.0 Å². The number of Topliss-reactive ketones (excluding diaryl/α,β-unsaturated/α-hetero) is 1. The number of rotatable bonds is 9. The molecule has 0 atom stereocenters. The smallest absolute Gasteiger partial charge is 0.253 e. The predicted molar refractivity (Wildman–Crippen MR) is 160 cm³/mol. The summed E-state index contributed by atoms with van der Waals surface area (Å²) in [4.78, 5) is 27.4. The van der Waals surface area contributed by atoms with E-state index < -0.39 is 0 Å². The van der Waals surface area contributed by atoms with Crippen LogP contribution in [0.15, 0.2) is 72.8 Å². The topological polar surface area (TPSA) is 71.1 Å². The lowest BCUT2D eigenvalue weighted by Gasteiger charge is -2.17. The molecule has 0 saturated heterocycles. The van der Waals surface area contributed by atoms with Crippen molar-refractivity contribution < 1.29 is 9.59 Å². The van der Waals surface area contributed by atoms with E-state index in [4.69, 9.17) is 17.0 Å². The summed E-state index contributed by atoms with van der Waals surface area (Å²) < 4.78 is 3.73. The van der Waals surface area contributed by atoms with Crippen LogP contribution in [0.25, 0.3) is 11.0 Å². The molecular weight excluding hydrogens is 620 g/mol. The highest BCUT2D eigenvalue weighted by atomic mass is 79.9. The number of carbonyl (C=O) groups excluding carboxylic acids is 2. The molecule has 0 spiro atoms. The SMILES string of the molecule is Br.Br.CCc1cccc2c1n(CCCN(C)C(=O)c1ccccc1)c(=N)n2CC(=O)c1ccc(Cl)cc1. The molecule has 1 amide bonds. The van der Waals surface area contributed by atoms with Crippen molar-refractivity contribution in [3.05, 3.63) is 100 Å². The summed E-state index contributed by atoms with van der Waals surface area (Å²) in [5.41, 5.74) is 4.47. The maximum atomic E-state index is 13.0. The van der Waals surface area contributed by atoms with Gasteiger partial charge < -0.3 is 14.0 Å². The number of hydrogen-bond donors (Lipinski definition) is 1. The molecule has 4 rings (SSSR count). The molecule has 1 aromatic heterocycles. The molecule has 0 aliphatic rings. The average molecular weight is 651 g/mol. The fraction of sp³-hybridized carbons (Fsp3) is 0.250. The van der Waals surface area contributed by atoms with Crippen LogP contribution >= 0.6 is 45.6 Å². The molecule has 0 radical (unpaired) electrons. The summed E-state index contributed by atoms with van der Waals surface area (Å²) >= 11 is 5.97. The Kier molecular flexibility index (Phi) is 11.3. The van der Waals surface area contributed by atoms with Crippen LogP contribution in [0.4, 0.5) is 0 Å². The molecule has 196 valence electrons. The number of aromatic nitrogens is 2. The molecule has 37 heavy (non-hydrogen) atoms. The highest BCUT2D eigenvalue weighted by Crippen LogP contribution is 2.20. The van der Waals surface area contributed by atoms with Crippen molar-refractivity contribution in [1.82, 2.24) is 14.0 Å². The van der Waals surface area contributed by atoms with Gasteiger partial charge in [0.2, 0.25) is 5.62 Å². The quantitative estimate of drug-likeness (QED) is 0.215. The zero-order valence-corrected chi connectivity index (χ0v) is 25.0. The van der Waals surface area contributed by atoms with Crippen molar-refractivity contribution in [3.8, 4) is 0 Å². The standard InChI is InChI=1S/C28H29ClN4O2.2BrH/c1-3-20-11-7-12-24-26(20)32(18-8-17-31(2)27(35)22-9-5-4-6-10-22)28(30)33(24)19-25(34)21-13-15-23(29)16-14-21;;/h4-7,9-16,30H,3,8,17-19H2,1-2H3;2*1H. The van der Waals surface area contributed by atoms with E-state index in [0.29, 0.717) is 35.7 Å². The molecule has 0 bridgehead atoms. The third-order valence-electron chi connectivity index (χ3n) is 6.26. The van der Waals surface area contributed by atoms with Crippen molar-refractivity contribution in [1.29, 1.82) is 5.41 Å². The molecule has 9 heteroatoms. The highest BCUT2D eigenvalue weighted by Gasteiger charge is 2.17. The van der Waals surface area contributed by atoms with E-state index in [9.17, 15) is 9.59 Å². The second-order valence-electron chi connectivity index (χ2n) is 8.58. The molecule has 0 unspecified atom stereocenters. The summed E-state index contributed by atoms with van der Waals surface area (Å²) in [7, 11) is 1.80. The molecule has 1 heterocycles. The summed E-state index contributed by atoms with van der Waals surface area (Å²) in [6.45, 7) is 3.29. The maximum absolute atomic E-state index is 13.0. The number of ketones is 1. The van der Waals surface area contributed by atoms with Gasteiger partial charge in [0.15, 0.2) is 5.78 Å². The Morgan fingerprint density at radius 1 is 0.892 bits per heavy atom. The van der Waals surface area contributed by atoms with Crippen molar-refractivity contribution in [2.45, 2.75) is 32.9 Å². The number of amides is 1. The van der Waals surface area contributed by atoms with Crippen LogP contribution in [-0.2, 0) is 19.5 Å². The number of carbonyl (C=O) groups is 2. The number of aryl methyl sites for hydroxylation is 2. The third-order valence-corrected chi connectivity index (χ3v) is 6.51. The second-order valence-corrected chi connectivity index (χ2v) is 9.01. The first-order valence-electron chi connectivity index (χ1n) is 11.8. The first kappa shape index (κ1) is 30.5. The Bertz CT molecular complexity index is 1420. The normalized spacial score (nSPS) is 10.5. The predicted octanol–water partition coefficient (Wildman–Crippen LogP) is 6.34. The number of fused-ring (bicyclic) bond motifs is 1. The van der Waals surface area contributed by atoms with Gasteiger partial charge in [-0.3, -0.25) is 15.0 Å². The van der Waals surface area contributed by atoms with Gasteiger partial charge in [0.25, 0.3) is 5.91 Å². The second kappa shape index (κ2) is 13.7. The minimum atomic E-state index is -0.0747. The summed E-state index contributed by atoms with van der Waals surface area (Å²) in [6.07, 6.45) is 1.51. The van der Waals surface area contributed by atoms with Gasteiger partial charge in [-0.2, -0.15) is 0 Å². The van der Waals surface area contributed by atoms with Crippen molar-refractivity contribution in [3.63, 3.8) is 0 Å². The minimum Gasteiger partial charge on any atom is -0.342 e. The number of benzene rings is 3. The van der Waals surface area contributed by atoms with Crippen LogP contribution in [0.2, 0.25) is 5.02 Å². The van der Waals surface area contributed by atoms with Gasteiger partial charge in [0, 0.05) is 36.3 Å². The number of imidazole rings is 1. The van der Waals surface area contributed by atoms with Crippen LogP contribution in [0.3, 0.4) is 0 Å². The van der Waals surface area contributed by atoms with Gasteiger partial charge in [0.1, 0.15) is 0 Å². The molecule has 1 N–H and O–H groups in total. The number of nitrogens with zero attached hydrogens (tertiary/aromatic N) is 3. The number of para-hydroxylation sites is 1. The van der Waals surface area contributed by atoms with Crippen molar-refractivity contribution >= 4 is 68.3 Å². The Morgan fingerprint density at radius 3 is 2.22 bits per heavy atom. The summed E-state index contributed by atoms with van der Waals surface area (Å²) in [6, 6.07) is 22.1. The Hall–Kier alpha value is -2.68. The lowest BCUT2D eigenvalue weighted by Crippen LogP contribution is -2.31. The molecule has 0 aliphatic heterocycles. The van der Waals surface area contributed by atoms with E-state index in [-0.39, 0.29) is 57.8 Å². The Labute approximate surface area is 242 Å². The average Bonchev–Trinajstić information content (AvgIpc) is 3.15. The van der Waals surface area contributed by atoms with Gasteiger partial charge in [-0.25, -0.2) is 0 Å². The zero-order chi connectivity index (χ0) is 24.9. The minimum absolute atomic E-state index is 0. The fourth-order valence-corrected chi connectivity index (χ4v) is 4.50. The molecule has 0 saturated carbocycles. The molecule has 3 aromatic carbocycles. The van der Waals surface area contributed by atoms with E-state index >= 15 is 0 Å². The summed E-state index contributed by atoms with van der Waals surface area (Å²) in [5.74, 6) is -0.0961. The van der Waals surface area contributed by atoms with Gasteiger partial charge in [-0.1, -0.05) is 48.9 Å². The fourth-order valence-electron chi connectivity index (χ4n) is 4.38. The van der Waals surface area contributed by atoms with Crippen LogP contribution in [0.1, 0.15) is 39.6 Å². The van der Waals surface area contributed by atoms with Crippen LogP contribution in [-0.4, -0.2) is 39.3 Å². The van der Waals surface area contributed by atoms with E-state index in [2.05, 4.69) is 13.0 Å². The highest BCUT2D eigenvalue weighted by molar-refractivity contribution is 8.93. The lowest BCUT2D eigenvalue weighted by atomic mass is 10.1. The third kappa shape index (κ3) is 6.80. The number of halogens is 3. The molecule has 0 aliphatic carbocycles. The van der Waals surface area contributed by atoms with E-state index in [0.717, 1.165) is 23.0 Å². The van der Waals surface area contributed by atoms with Crippen LogP contribution < -0.4 is 5.62 Å². The van der Waals surface area contributed by atoms with E-state index in [1.165, 1.54) is 0 Å². The monoisotopic (exact) mass is 648 g/mol. The number of nitrogens with one attached hydrogen (secondary N) is 1. The first-order valence-corrected chi connectivity index (χ1v) is 12.1. The van der Waals surface area contributed by atoms with Gasteiger partial charge in [-0.05, 0) is 60.9 Å². The van der Waals surface area contributed by atoms with Gasteiger partial charge in [0.05, 0.1) is 17.6 Å². The maximum Gasteiger partial charge on any atom is 0.253 e. The van der Waals surface area contributed by atoms with Crippen molar-refractivity contribution in [2.24, 2.45) is 0 Å². The Morgan fingerprint density at radius 2 is 1.57 bits per heavy atom. The van der Waals surface area contributed by atoms with Crippen LogP contribution in [0, 0.1) is 5.41 Å². The van der Waals surface area contributed by atoms with Crippen molar-refractivity contribution in [2.75, 3.05) is 13.6 Å². The molecule has 0 fully saturated rings. The number of hydrogen-bond acceptors (Lipinski definition) is 3. The van der Waals surface area contributed by atoms with Crippen LogP contribution in [0.5, 0.6) is 0 Å². The van der Waals surface area contributed by atoms with Gasteiger partial charge in [-0.15, -0.1) is 34.0 Å². The largest absolute Gasteiger partial charge is 0.342 e. The molecule has 4 aromatic rings. The Balaban J connectivity index is 0.00000241. The van der Waals surface area contributed by atoms with E-state index in [1.54, 1.807) is 40.8 Å². The lowest BCUT2D eigenvalue weighted by molar-refractivity contribution is 0.0791.